The van der Waals surface area contributed by atoms with Crippen LogP contribution in [0.25, 0.3) is 5.57 Å². The average Bonchev–Trinajstić information content (AvgIpc) is 2.26. The second-order valence-electron chi connectivity index (χ2n) is 3.28. The summed E-state index contributed by atoms with van der Waals surface area (Å²) < 4.78 is 66.6. The van der Waals surface area contributed by atoms with E-state index >= 15 is 0 Å². The highest BCUT2D eigenvalue weighted by molar-refractivity contribution is 5.73. The van der Waals surface area contributed by atoms with Crippen molar-refractivity contribution in [1.29, 1.82) is 0 Å². The minimum absolute atomic E-state index is 0.324. The van der Waals surface area contributed by atoms with Crippen LogP contribution in [0.3, 0.4) is 0 Å². The van der Waals surface area contributed by atoms with Crippen LogP contribution in [-0.4, -0.2) is 18.2 Å². The van der Waals surface area contributed by atoms with Crippen LogP contribution < -0.4 is 4.74 Å². The van der Waals surface area contributed by atoms with Crippen LogP contribution in [0.2, 0.25) is 0 Å². The molecule has 0 unspecified atom stereocenters. The summed E-state index contributed by atoms with van der Waals surface area (Å²) >= 11 is 0. The molecule has 0 aliphatic heterocycles. The number of allylic oxidation sites excluding steroid dienone is 1. The molecule has 0 radical (unpaired) electrons. The normalized spacial score (nSPS) is 11.1. The molecule has 104 valence electrons. The van der Waals surface area contributed by atoms with E-state index in [-0.39, 0.29) is 5.75 Å². The standard InChI is InChI=1S/C10H6F5NO3/c1-19-7-3-2-5(4-6(7)16(17)18)8(9(11)12)10(13,14)15/h2-4H,1H3. The van der Waals surface area contributed by atoms with Gasteiger partial charge in [-0.25, -0.2) is 0 Å². The molecule has 0 fully saturated rings. The van der Waals surface area contributed by atoms with Crippen molar-refractivity contribution in [3.8, 4) is 5.75 Å². The van der Waals surface area contributed by atoms with Crippen LogP contribution >= 0.6 is 0 Å². The Morgan fingerprint density at radius 2 is 1.89 bits per heavy atom. The number of ether oxygens (including phenoxy) is 1. The number of rotatable bonds is 3. The van der Waals surface area contributed by atoms with Gasteiger partial charge in [0.05, 0.1) is 12.0 Å². The molecule has 4 nitrogen and oxygen atoms in total. The Morgan fingerprint density at radius 1 is 1.32 bits per heavy atom. The topological polar surface area (TPSA) is 52.4 Å². The lowest BCUT2D eigenvalue weighted by molar-refractivity contribution is -0.385. The van der Waals surface area contributed by atoms with Crippen molar-refractivity contribution < 1.29 is 31.6 Å². The Balaban J connectivity index is 3.48. The molecule has 0 aromatic heterocycles. The molecule has 9 heteroatoms. The van der Waals surface area contributed by atoms with Crippen molar-refractivity contribution in [2.75, 3.05) is 7.11 Å². The number of halogens is 5. The summed E-state index contributed by atoms with van der Waals surface area (Å²) in [4.78, 5) is 9.59. The number of alkyl halides is 3. The van der Waals surface area contributed by atoms with Gasteiger partial charge in [-0.15, -0.1) is 0 Å². The monoisotopic (exact) mass is 283 g/mol. The van der Waals surface area contributed by atoms with Gasteiger partial charge in [-0.05, 0) is 17.7 Å². The summed E-state index contributed by atoms with van der Waals surface area (Å²) in [6, 6.07) is 1.89. The Hall–Kier alpha value is -2.19. The van der Waals surface area contributed by atoms with Crippen molar-refractivity contribution in [1.82, 2.24) is 0 Å². The van der Waals surface area contributed by atoms with Gasteiger partial charge in [0.1, 0.15) is 5.57 Å². The van der Waals surface area contributed by atoms with Gasteiger partial charge < -0.3 is 4.74 Å². The first-order chi connectivity index (χ1) is 8.68. The van der Waals surface area contributed by atoms with Crippen LogP contribution in [0.15, 0.2) is 24.3 Å². The molecule has 0 aliphatic rings. The van der Waals surface area contributed by atoms with Crippen LogP contribution in [0.1, 0.15) is 5.56 Å². The zero-order valence-electron chi connectivity index (χ0n) is 9.29. The molecule has 0 spiro atoms. The largest absolute Gasteiger partial charge is 0.490 e. The van der Waals surface area contributed by atoms with Gasteiger partial charge >= 0.3 is 11.9 Å². The molecular formula is C10H6F5NO3. The second-order valence-corrected chi connectivity index (χ2v) is 3.28. The Kier molecular flexibility index (Phi) is 4.07. The van der Waals surface area contributed by atoms with Gasteiger partial charge in [0.25, 0.3) is 6.08 Å². The maximum atomic E-state index is 12.4. The maximum absolute atomic E-state index is 12.4. The number of nitrogens with zero attached hydrogens (tertiary/aromatic N) is 1. The van der Waals surface area contributed by atoms with Gasteiger partial charge in [0, 0.05) is 6.07 Å². The van der Waals surface area contributed by atoms with E-state index in [1.165, 1.54) is 0 Å². The minimum Gasteiger partial charge on any atom is -0.490 e. The van der Waals surface area contributed by atoms with Gasteiger partial charge in [-0.2, -0.15) is 22.0 Å². The van der Waals surface area contributed by atoms with Crippen molar-refractivity contribution in [2.24, 2.45) is 0 Å². The molecular weight excluding hydrogens is 277 g/mol. The summed E-state index contributed by atoms with van der Waals surface area (Å²) in [6.07, 6.45) is -8.28. The maximum Gasteiger partial charge on any atom is 0.422 e. The molecule has 1 aromatic carbocycles. The Morgan fingerprint density at radius 3 is 2.26 bits per heavy atom. The third-order valence-electron chi connectivity index (χ3n) is 2.14. The van der Waals surface area contributed by atoms with E-state index in [0.29, 0.717) is 12.1 Å². The number of hydrogen-bond acceptors (Lipinski definition) is 3. The summed E-state index contributed by atoms with van der Waals surface area (Å²) in [5.74, 6) is -0.324. The van der Waals surface area contributed by atoms with Gasteiger partial charge in [0.15, 0.2) is 5.75 Å². The SMILES string of the molecule is COc1ccc(C(=C(F)F)C(F)(F)F)cc1[N+](=O)[O-]. The Labute approximate surface area is 103 Å². The van der Waals surface area contributed by atoms with Crippen molar-refractivity contribution in [3.63, 3.8) is 0 Å². The summed E-state index contributed by atoms with van der Waals surface area (Å²) in [7, 11) is 1.07. The first kappa shape index (κ1) is 14.9. The zero-order valence-corrected chi connectivity index (χ0v) is 9.29. The molecule has 0 bridgehead atoms. The number of nitro groups is 1. The number of benzene rings is 1. The van der Waals surface area contributed by atoms with E-state index in [4.69, 9.17) is 0 Å². The molecule has 0 saturated carbocycles. The van der Waals surface area contributed by atoms with Gasteiger partial charge in [0.2, 0.25) is 0 Å². The lowest BCUT2D eigenvalue weighted by Crippen LogP contribution is -2.12. The smallest absolute Gasteiger partial charge is 0.422 e. The number of nitro benzene ring substituents is 1. The molecule has 1 aromatic rings. The third kappa shape index (κ3) is 3.18. The molecule has 19 heavy (non-hydrogen) atoms. The molecule has 0 heterocycles. The van der Waals surface area contributed by atoms with E-state index in [9.17, 15) is 32.1 Å². The van der Waals surface area contributed by atoms with E-state index in [1.807, 2.05) is 0 Å². The first-order valence-electron chi connectivity index (χ1n) is 4.63. The summed E-state index contributed by atoms with van der Waals surface area (Å²) in [5.41, 5.74) is -4.04. The summed E-state index contributed by atoms with van der Waals surface area (Å²) in [6.45, 7) is 0. The van der Waals surface area contributed by atoms with E-state index in [0.717, 1.165) is 13.2 Å². The van der Waals surface area contributed by atoms with Crippen LogP contribution in [0.4, 0.5) is 27.6 Å². The van der Waals surface area contributed by atoms with E-state index in [2.05, 4.69) is 4.74 Å². The van der Waals surface area contributed by atoms with Crippen LogP contribution in [0.5, 0.6) is 5.75 Å². The molecule has 0 atom stereocenters. The second kappa shape index (κ2) is 5.21. The number of hydrogen-bond donors (Lipinski definition) is 0. The highest BCUT2D eigenvalue weighted by atomic mass is 19.4. The van der Waals surface area contributed by atoms with Crippen LogP contribution in [0, 0.1) is 10.1 Å². The highest BCUT2D eigenvalue weighted by Gasteiger charge is 2.39. The lowest BCUT2D eigenvalue weighted by Gasteiger charge is -2.11. The third-order valence-corrected chi connectivity index (χ3v) is 2.14. The van der Waals surface area contributed by atoms with E-state index < -0.39 is 34.0 Å². The summed E-state index contributed by atoms with van der Waals surface area (Å²) in [5, 5.41) is 10.6. The predicted octanol–water partition coefficient (Wildman–Crippen LogP) is 3.77. The fourth-order valence-corrected chi connectivity index (χ4v) is 1.37. The van der Waals surface area contributed by atoms with Crippen LogP contribution in [-0.2, 0) is 0 Å². The average molecular weight is 283 g/mol. The zero-order chi connectivity index (χ0) is 14.8. The van der Waals surface area contributed by atoms with Crippen molar-refractivity contribution in [2.45, 2.75) is 6.18 Å². The predicted molar refractivity (Wildman–Crippen MR) is 54.8 cm³/mol. The first-order valence-corrected chi connectivity index (χ1v) is 4.63. The van der Waals surface area contributed by atoms with Crippen molar-refractivity contribution in [3.05, 3.63) is 40.0 Å². The fraction of sp³-hybridized carbons (Fsp3) is 0.200. The fourth-order valence-electron chi connectivity index (χ4n) is 1.37. The molecule has 0 aliphatic carbocycles. The lowest BCUT2D eigenvalue weighted by atomic mass is 10.1. The highest BCUT2D eigenvalue weighted by Crippen LogP contribution is 2.40. The quantitative estimate of drug-likeness (QED) is 0.482. The molecule has 0 N–H and O–H groups in total. The molecule has 0 amide bonds. The molecule has 1 rings (SSSR count). The van der Waals surface area contributed by atoms with Gasteiger partial charge in [-0.1, -0.05) is 0 Å². The minimum atomic E-state index is -5.32. The molecule has 0 saturated heterocycles. The van der Waals surface area contributed by atoms with E-state index in [1.54, 1.807) is 0 Å². The number of methoxy groups -OCH3 is 1. The Bertz CT molecular complexity index is 534. The van der Waals surface area contributed by atoms with Gasteiger partial charge in [-0.3, -0.25) is 10.1 Å². The van der Waals surface area contributed by atoms with Crippen molar-refractivity contribution >= 4 is 11.3 Å².